The van der Waals surface area contributed by atoms with Crippen LogP contribution in [0, 0.1) is 11.8 Å². The summed E-state index contributed by atoms with van der Waals surface area (Å²) in [6, 6.07) is 0. The fourth-order valence-electron chi connectivity index (χ4n) is 1.29. The summed E-state index contributed by atoms with van der Waals surface area (Å²) in [4.78, 5) is 0. The molecule has 0 aromatic carbocycles. The van der Waals surface area contributed by atoms with Crippen LogP contribution in [0.2, 0.25) is 0 Å². The molecule has 0 spiro atoms. The van der Waals surface area contributed by atoms with E-state index in [9.17, 15) is 0 Å². The predicted octanol–water partition coefficient (Wildman–Crippen LogP) is 2.94. The quantitative estimate of drug-likeness (QED) is 0.732. The van der Waals surface area contributed by atoms with Gasteiger partial charge in [-0.05, 0) is 31.2 Å². The molecule has 0 aromatic heterocycles. The molecule has 1 N–H and O–H groups in total. The van der Waals surface area contributed by atoms with E-state index in [1.807, 2.05) is 0 Å². The first-order valence-electron chi connectivity index (χ1n) is 4.39. The topological polar surface area (TPSA) is 12.0 Å². The second-order valence-corrected chi connectivity index (χ2v) is 4.21. The van der Waals surface area contributed by atoms with E-state index in [2.05, 4.69) is 12.2 Å². The van der Waals surface area contributed by atoms with Crippen molar-refractivity contribution in [3.8, 4) is 0 Å². The fraction of sp³-hybridized carbons (Fsp3) is 0.778. The van der Waals surface area contributed by atoms with Crippen LogP contribution in [0.4, 0.5) is 0 Å². The number of nitrogens with one attached hydrogen (secondary N) is 1. The highest BCUT2D eigenvalue weighted by atomic mass is 35.5. The highest BCUT2D eigenvalue weighted by Gasteiger charge is 2.27. The van der Waals surface area contributed by atoms with Gasteiger partial charge in [0.15, 0.2) is 0 Å². The molecular formula is C9H15Cl2N. The molecule has 0 radical (unpaired) electrons. The van der Waals surface area contributed by atoms with Gasteiger partial charge in [0.25, 0.3) is 0 Å². The van der Waals surface area contributed by atoms with Crippen LogP contribution in [0.25, 0.3) is 0 Å². The van der Waals surface area contributed by atoms with E-state index in [1.54, 1.807) is 0 Å². The van der Waals surface area contributed by atoms with Crippen molar-refractivity contribution in [2.24, 2.45) is 11.8 Å². The molecule has 1 fully saturated rings. The second kappa shape index (κ2) is 5.11. The summed E-state index contributed by atoms with van der Waals surface area (Å²) < 4.78 is 0. The maximum atomic E-state index is 5.71. The van der Waals surface area contributed by atoms with Gasteiger partial charge < -0.3 is 5.32 Å². The average Bonchev–Trinajstić information content (AvgIpc) is 2.86. The van der Waals surface area contributed by atoms with Crippen LogP contribution in [0.15, 0.2) is 10.6 Å². The predicted molar refractivity (Wildman–Crippen MR) is 54.5 cm³/mol. The molecule has 1 unspecified atom stereocenters. The van der Waals surface area contributed by atoms with Crippen molar-refractivity contribution < 1.29 is 0 Å². The van der Waals surface area contributed by atoms with E-state index < -0.39 is 0 Å². The number of hydrogen-bond donors (Lipinski definition) is 1. The first kappa shape index (κ1) is 10.4. The van der Waals surface area contributed by atoms with Crippen molar-refractivity contribution in [1.82, 2.24) is 5.32 Å². The van der Waals surface area contributed by atoms with Crippen molar-refractivity contribution in [2.45, 2.75) is 19.8 Å². The smallest absolute Gasteiger partial charge is 0.0431 e. The minimum atomic E-state index is 0.680. The van der Waals surface area contributed by atoms with Crippen molar-refractivity contribution in [3.63, 3.8) is 0 Å². The Bertz CT molecular complexity index is 164. The Morgan fingerprint density at radius 3 is 2.83 bits per heavy atom. The van der Waals surface area contributed by atoms with E-state index in [1.165, 1.54) is 18.4 Å². The summed E-state index contributed by atoms with van der Waals surface area (Å²) in [6.45, 7) is 4.02. The lowest BCUT2D eigenvalue weighted by Crippen LogP contribution is -2.23. The Labute approximate surface area is 84.1 Å². The van der Waals surface area contributed by atoms with Crippen LogP contribution in [-0.2, 0) is 0 Å². The molecule has 1 atom stereocenters. The lowest BCUT2D eigenvalue weighted by Gasteiger charge is -2.10. The molecule has 70 valence electrons. The molecule has 0 aromatic rings. The van der Waals surface area contributed by atoms with Crippen molar-refractivity contribution >= 4 is 23.2 Å². The van der Waals surface area contributed by atoms with Crippen molar-refractivity contribution in [2.75, 3.05) is 13.1 Å². The summed E-state index contributed by atoms with van der Waals surface area (Å²) in [6.07, 6.45) is 2.81. The monoisotopic (exact) mass is 207 g/mol. The van der Waals surface area contributed by atoms with Crippen LogP contribution >= 0.6 is 23.2 Å². The summed E-state index contributed by atoms with van der Waals surface area (Å²) in [7, 11) is 0. The van der Waals surface area contributed by atoms with Crippen LogP contribution in [0.3, 0.4) is 0 Å². The normalized spacial score (nSPS) is 21.1. The molecule has 1 aliphatic carbocycles. The van der Waals surface area contributed by atoms with Gasteiger partial charge in [-0.25, -0.2) is 0 Å². The molecule has 0 heterocycles. The van der Waals surface area contributed by atoms with Gasteiger partial charge in [0.1, 0.15) is 0 Å². The van der Waals surface area contributed by atoms with Gasteiger partial charge in [0.05, 0.1) is 0 Å². The summed E-state index contributed by atoms with van der Waals surface area (Å²) in [5, 5.41) is 3.95. The second-order valence-electron chi connectivity index (χ2n) is 3.50. The van der Waals surface area contributed by atoms with Gasteiger partial charge in [0, 0.05) is 17.1 Å². The van der Waals surface area contributed by atoms with Gasteiger partial charge in [-0.3, -0.25) is 0 Å². The minimum absolute atomic E-state index is 0.680. The molecule has 1 nitrogen and oxygen atoms in total. The Kier molecular flexibility index (Phi) is 4.41. The third-order valence-electron chi connectivity index (χ3n) is 2.31. The molecule has 1 saturated carbocycles. The third kappa shape index (κ3) is 3.79. The van der Waals surface area contributed by atoms with Crippen molar-refractivity contribution in [1.29, 1.82) is 0 Å². The Morgan fingerprint density at radius 2 is 2.33 bits per heavy atom. The zero-order chi connectivity index (χ0) is 8.97. The molecule has 3 heteroatoms. The van der Waals surface area contributed by atoms with Crippen LogP contribution in [0.1, 0.15) is 19.8 Å². The summed E-state index contributed by atoms with van der Waals surface area (Å²) in [5.74, 6) is 1.74. The summed E-state index contributed by atoms with van der Waals surface area (Å²) >= 11 is 11.1. The first-order valence-corrected chi connectivity index (χ1v) is 5.21. The molecule has 0 bridgehead atoms. The van der Waals surface area contributed by atoms with Crippen LogP contribution < -0.4 is 5.32 Å². The summed E-state index contributed by atoms with van der Waals surface area (Å²) in [5.41, 5.74) is 1.41. The van der Waals surface area contributed by atoms with Gasteiger partial charge >= 0.3 is 0 Å². The maximum Gasteiger partial charge on any atom is 0.0431 e. The van der Waals surface area contributed by atoms with Crippen LogP contribution in [-0.4, -0.2) is 13.1 Å². The SMILES string of the molecule is CC(CNCC(Cl)=CCl)C1CC1. The Morgan fingerprint density at radius 1 is 1.67 bits per heavy atom. The third-order valence-corrected chi connectivity index (χ3v) is 2.92. The fourth-order valence-corrected chi connectivity index (χ4v) is 1.46. The van der Waals surface area contributed by atoms with E-state index in [0.717, 1.165) is 18.4 Å². The van der Waals surface area contributed by atoms with Gasteiger partial charge in [-0.2, -0.15) is 0 Å². The Balaban J connectivity index is 2.01. The standard InChI is InChI=1S/C9H15Cl2N/c1-7(8-2-3-8)5-12-6-9(11)4-10/h4,7-8,12H,2-3,5-6H2,1H3. The molecule has 0 saturated heterocycles. The van der Waals surface area contributed by atoms with Gasteiger partial charge in [-0.15, -0.1) is 0 Å². The minimum Gasteiger partial charge on any atom is -0.311 e. The molecule has 0 aliphatic heterocycles. The molecule has 1 aliphatic rings. The van der Waals surface area contributed by atoms with Crippen molar-refractivity contribution in [3.05, 3.63) is 10.6 Å². The molecule has 12 heavy (non-hydrogen) atoms. The number of hydrogen-bond acceptors (Lipinski definition) is 1. The zero-order valence-electron chi connectivity index (χ0n) is 7.32. The number of halogens is 2. The van der Waals surface area contributed by atoms with E-state index in [0.29, 0.717) is 11.6 Å². The zero-order valence-corrected chi connectivity index (χ0v) is 8.83. The largest absolute Gasteiger partial charge is 0.311 e. The highest BCUT2D eigenvalue weighted by molar-refractivity contribution is 6.36. The van der Waals surface area contributed by atoms with E-state index >= 15 is 0 Å². The number of rotatable bonds is 5. The maximum absolute atomic E-state index is 5.71. The molecule has 0 amide bonds. The van der Waals surface area contributed by atoms with E-state index in [-0.39, 0.29) is 0 Å². The van der Waals surface area contributed by atoms with Gasteiger partial charge in [0.2, 0.25) is 0 Å². The highest BCUT2D eigenvalue weighted by Crippen LogP contribution is 2.36. The van der Waals surface area contributed by atoms with Gasteiger partial charge in [-0.1, -0.05) is 30.1 Å². The molecule has 1 rings (SSSR count). The van der Waals surface area contributed by atoms with Crippen LogP contribution in [0.5, 0.6) is 0 Å². The average molecular weight is 208 g/mol. The lowest BCUT2D eigenvalue weighted by atomic mass is 10.1. The lowest BCUT2D eigenvalue weighted by molar-refractivity contribution is 0.473. The first-order chi connectivity index (χ1) is 5.74. The Hall–Kier alpha value is 0.280. The van der Waals surface area contributed by atoms with E-state index in [4.69, 9.17) is 23.2 Å². The molecular weight excluding hydrogens is 193 g/mol.